The van der Waals surface area contributed by atoms with Crippen molar-refractivity contribution in [3.05, 3.63) is 72.1 Å². The van der Waals surface area contributed by atoms with Crippen molar-refractivity contribution in [1.82, 2.24) is 25.8 Å². The topological polar surface area (TPSA) is 82.7 Å². The van der Waals surface area contributed by atoms with Crippen LogP contribution in [0.15, 0.2) is 60.9 Å². The van der Waals surface area contributed by atoms with Crippen LogP contribution >= 0.6 is 0 Å². The Morgan fingerprint density at radius 3 is 2.81 bits per heavy atom. The number of benzene rings is 2. The van der Waals surface area contributed by atoms with Gasteiger partial charge in [-0.2, -0.15) is 5.10 Å². The van der Waals surface area contributed by atoms with Gasteiger partial charge in [0.2, 0.25) is 0 Å². The molecule has 3 N–H and O–H groups in total. The largest absolute Gasteiger partial charge is 0.338 e. The number of urea groups is 1. The average Bonchev–Trinajstić information content (AvgIpc) is 3.26. The zero-order valence-corrected chi connectivity index (χ0v) is 14.4. The Morgan fingerprint density at radius 2 is 2.00 bits per heavy atom. The Kier molecular flexibility index (Phi) is 4.64. The molecule has 2 aromatic carbocycles. The molecule has 0 aliphatic heterocycles. The summed E-state index contributed by atoms with van der Waals surface area (Å²) >= 11 is 0. The van der Waals surface area contributed by atoms with Crippen LogP contribution in [0.1, 0.15) is 23.5 Å². The van der Waals surface area contributed by atoms with E-state index in [1.54, 1.807) is 0 Å². The first-order valence-corrected chi connectivity index (χ1v) is 8.81. The highest BCUT2D eigenvalue weighted by molar-refractivity contribution is 5.74. The molecule has 0 radical (unpaired) electrons. The summed E-state index contributed by atoms with van der Waals surface area (Å²) in [4.78, 5) is 16.2. The summed E-state index contributed by atoms with van der Waals surface area (Å²) in [7, 11) is 0. The lowest BCUT2D eigenvalue weighted by atomic mass is 10.1. The van der Waals surface area contributed by atoms with E-state index in [1.165, 1.54) is 11.9 Å². The quantitative estimate of drug-likeness (QED) is 0.641. The Labute approximate surface area is 152 Å². The van der Waals surface area contributed by atoms with Gasteiger partial charge in [-0.05, 0) is 35.4 Å². The van der Waals surface area contributed by atoms with E-state index in [9.17, 15) is 4.79 Å². The fraction of sp³-hybridized carbons (Fsp3) is 0.250. The SMILES string of the molecule is O=C(NCc1cccc(-c2ncn[nH]2)c1)NC[C@H]1C[C@H]1c1ccccc1. The summed E-state index contributed by atoms with van der Waals surface area (Å²) in [5.74, 6) is 1.84. The number of amides is 2. The van der Waals surface area contributed by atoms with Gasteiger partial charge in [-0.3, -0.25) is 5.10 Å². The number of nitrogens with one attached hydrogen (secondary N) is 3. The number of carbonyl (C=O) groups is 1. The molecule has 0 spiro atoms. The lowest BCUT2D eigenvalue weighted by Gasteiger charge is -2.08. The van der Waals surface area contributed by atoms with Crippen molar-refractivity contribution < 1.29 is 4.79 Å². The molecule has 4 rings (SSSR count). The second kappa shape index (κ2) is 7.39. The normalized spacial score (nSPS) is 18.3. The van der Waals surface area contributed by atoms with Gasteiger partial charge in [-0.25, -0.2) is 9.78 Å². The minimum absolute atomic E-state index is 0.131. The van der Waals surface area contributed by atoms with E-state index in [0.717, 1.165) is 23.4 Å². The summed E-state index contributed by atoms with van der Waals surface area (Å²) in [5.41, 5.74) is 3.33. The van der Waals surface area contributed by atoms with E-state index in [2.05, 4.69) is 50.1 Å². The summed E-state index contributed by atoms with van der Waals surface area (Å²) in [5, 5.41) is 12.6. The molecule has 1 fully saturated rings. The minimum atomic E-state index is -0.131. The lowest BCUT2D eigenvalue weighted by Crippen LogP contribution is -2.36. The van der Waals surface area contributed by atoms with E-state index in [4.69, 9.17) is 0 Å². The van der Waals surface area contributed by atoms with E-state index in [0.29, 0.717) is 24.9 Å². The molecule has 132 valence electrons. The fourth-order valence-corrected chi connectivity index (χ4v) is 3.22. The molecular formula is C20H21N5O. The van der Waals surface area contributed by atoms with E-state index < -0.39 is 0 Å². The van der Waals surface area contributed by atoms with Crippen LogP contribution in [0.25, 0.3) is 11.4 Å². The van der Waals surface area contributed by atoms with E-state index >= 15 is 0 Å². The number of nitrogens with zero attached hydrogens (tertiary/aromatic N) is 2. The smallest absolute Gasteiger partial charge is 0.315 e. The Hall–Kier alpha value is -3.15. The molecule has 0 unspecified atom stereocenters. The zero-order chi connectivity index (χ0) is 17.8. The fourth-order valence-electron chi connectivity index (χ4n) is 3.22. The van der Waals surface area contributed by atoms with E-state index in [1.807, 2.05) is 30.3 Å². The molecule has 1 heterocycles. The number of hydrogen-bond donors (Lipinski definition) is 3. The van der Waals surface area contributed by atoms with Crippen LogP contribution in [0.2, 0.25) is 0 Å². The van der Waals surface area contributed by atoms with Crippen LogP contribution in [-0.2, 0) is 6.54 Å². The van der Waals surface area contributed by atoms with Crippen LogP contribution in [0.5, 0.6) is 0 Å². The summed E-state index contributed by atoms with van der Waals surface area (Å²) in [6.45, 7) is 1.18. The molecule has 1 aromatic heterocycles. The molecule has 26 heavy (non-hydrogen) atoms. The van der Waals surface area contributed by atoms with Gasteiger partial charge < -0.3 is 10.6 Å². The molecule has 2 atom stereocenters. The van der Waals surface area contributed by atoms with Crippen molar-refractivity contribution in [3.63, 3.8) is 0 Å². The number of aromatic amines is 1. The van der Waals surface area contributed by atoms with Crippen molar-refractivity contribution in [3.8, 4) is 11.4 Å². The van der Waals surface area contributed by atoms with Crippen LogP contribution in [0.3, 0.4) is 0 Å². The molecule has 1 aliphatic rings. The van der Waals surface area contributed by atoms with Crippen molar-refractivity contribution in [2.45, 2.75) is 18.9 Å². The van der Waals surface area contributed by atoms with Crippen LogP contribution < -0.4 is 10.6 Å². The Balaban J connectivity index is 1.23. The molecular weight excluding hydrogens is 326 g/mol. The highest BCUT2D eigenvalue weighted by Gasteiger charge is 2.37. The minimum Gasteiger partial charge on any atom is -0.338 e. The number of hydrogen-bond acceptors (Lipinski definition) is 3. The summed E-state index contributed by atoms with van der Waals surface area (Å²) in [6.07, 6.45) is 2.62. The first-order chi connectivity index (χ1) is 12.8. The van der Waals surface area contributed by atoms with Crippen molar-refractivity contribution >= 4 is 6.03 Å². The maximum atomic E-state index is 12.1. The Bertz CT molecular complexity index is 863. The molecule has 6 nitrogen and oxygen atoms in total. The molecule has 0 bridgehead atoms. The zero-order valence-electron chi connectivity index (χ0n) is 14.4. The molecule has 0 saturated heterocycles. The second-order valence-corrected chi connectivity index (χ2v) is 6.61. The van der Waals surface area contributed by atoms with Crippen LogP contribution in [0, 0.1) is 5.92 Å². The average molecular weight is 347 g/mol. The molecule has 6 heteroatoms. The third kappa shape index (κ3) is 3.91. The van der Waals surface area contributed by atoms with Gasteiger partial charge >= 0.3 is 6.03 Å². The Morgan fingerprint density at radius 1 is 1.12 bits per heavy atom. The van der Waals surface area contributed by atoms with Gasteiger partial charge in [0.15, 0.2) is 5.82 Å². The third-order valence-corrected chi connectivity index (χ3v) is 4.74. The summed E-state index contributed by atoms with van der Waals surface area (Å²) in [6, 6.07) is 18.2. The monoisotopic (exact) mass is 347 g/mol. The molecule has 2 amide bonds. The van der Waals surface area contributed by atoms with Crippen LogP contribution in [0.4, 0.5) is 4.79 Å². The van der Waals surface area contributed by atoms with Gasteiger partial charge in [0.25, 0.3) is 0 Å². The number of rotatable bonds is 6. The third-order valence-electron chi connectivity index (χ3n) is 4.74. The summed E-state index contributed by atoms with van der Waals surface area (Å²) < 4.78 is 0. The van der Waals surface area contributed by atoms with Gasteiger partial charge in [-0.15, -0.1) is 0 Å². The number of aromatic nitrogens is 3. The van der Waals surface area contributed by atoms with Gasteiger partial charge in [0.1, 0.15) is 6.33 Å². The highest BCUT2D eigenvalue weighted by atomic mass is 16.2. The first-order valence-electron chi connectivity index (χ1n) is 8.81. The molecule has 3 aromatic rings. The van der Waals surface area contributed by atoms with E-state index in [-0.39, 0.29) is 6.03 Å². The van der Waals surface area contributed by atoms with Crippen LogP contribution in [-0.4, -0.2) is 27.8 Å². The number of carbonyl (C=O) groups excluding carboxylic acids is 1. The van der Waals surface area contributed by atoms with Gasteiger partial charge in [0.05, 0.1) is 0 Å². The molecule has 1 aliphatic carbocycles. The first kappa shape index (κ1) is 16.3. The highest BCUT2D eigenvalue weighted by Crippen LogP contribution is 2.46. The van der Waals surface area contributed by atoms with Crippen molar-refractivity contribution in [1.29, 1.82) is 0 Å². The lowest BCUT2D eigenvalue weighted by molar-refractivity contribution is 0.240. The predicted molar refractivity (Wildman–Crippen MR) is 99.3 cm³/mol. The molecule has 1 saturated carbocycles. The van der Waals surface area contributed by atoms with Crippen molar-refractivity contribution in [2.24, 2.45) is 5.92 Å². The van der Waals surface area contributed by atoms with Crippen molar-refractivity contribution in [2.75, 3.05) is 6.54 Å². The van der Waals surface area contributed by atoms with Gasteiger partial charge in [-0.1, -0.05) is 48.5 Å². The maximum Gasteiger partial charge on any atom is 0.315 e. The predicted octanol–water partition coefficient (Wildman–Crippen LogP) is 3.07. The van der Waals surface area contributed by atoms with Gasteiger partial charge in [0, 0.05) is 18.7 Å². The standard InChI is InChI=1S/C20H21N5O/c26-20(22-12-17-10-18(17)15-6-2-1-3-7-15)21-11-14-5-4-8-16(9-14)19-23-13-24-25-19/h1-9,13,17-18H,10-12H2,(H2,21,22,26)(H,23,24,25)/t17-,18+/m1/s1. The number of H-pyrrole nitrogens is 1. The maximum absolute atomic E-state index is 12.1. The second-order valence-electron chi connectivity index (χ2n) is 6.61.